The van der Waals surface area contributed by atoms with E-state index >= 15 is 0 Å². The van der Waals surface area contributed by atoms with Crippen molar-refractivity contribution < 1.29 is 4.79 Å². The number of nitrogens with zero attached hydrogens (tertiary/aromatic N) is 3. The first-order chi connectivity index (χ1) is 14.1. The topological polar surface area (TPSA) is 40.5 Å². The zero-order chi connectivity index (χ0) is 22.1. The van der Waals surface area contributed by atoms with Crippen molar-refractivity contribution in [1.29, 1.82) is 0 Å². The summed E-state index contributed by atoms with van der Waals surface area (Å²) in [4.78, 5) is 17.4. The van der Waals surface area contributed by atoms with E-state index in [4.69, 9.17) is 23.2 Å². The SMILES string of the molecule is Cc1c(C(=O)NCCN2CCN(c3cccc(Cl)c3Cl)CC2)cc(C(C)(C)C)n1C.Cl. The minimum atomic E-state index is 0. The average Bonchev–Trinajstić information content (AvgIpc) is 3.00. The average molecular weight is 488 g/mol. The molecule has 0 spiro atoms. The number of piperazine rings is 1. The van der Waals surface area contributed by atoms with Gasteiger partial charge < -0.3 is 14.8 Å². The Morgan fingerprint density at radius 1 is 1.13 bits per heavy atom. The van der Waals surface area contributed by atoms with Crippen molar-refractivity contribution in [2.24, 2.45) is 7.05 Å². The molecule has 1 fully saturated rings. The number of benzene rings is 1. The fourth-order valence-electron chi connectivity index (χ4n) is 4.02. The molecule has 0 aliphatic carbocycles. The van der Waals surface area contributed by atoms with Gasteiger partial charge in [0, 0.05) is 63.1 Å². The molecule has 8 heteroatoms. The molecule has 0 unspecified atom stereocenters. The van der Waals surface area contributed by atoms with Crippen LogP contribution < -0.4 is 10.2 Å². The minimum absolute atomic E-state index is 0. The molecular formula is C23H33Cl3N4O. The number of anilines is 1. The molecule has 2 heterocycles. The number of hydrogen-bond donors (Lipinski definition) is 1. The fraction of sp³-hybridized carbons (Fsp3) is 0.522. The molecule has 3 rings (SSSR count). The van der Waals surface area contributed by atoms with Crippen molar-refractivity contribution in [2.75, 3.05) is 44.2 Å². The van der Waals surface area contributed by atoms with E-state index in [0.29, 0.717) is 16.6 Å². The van der Waals surface area contributed by atoms with Gasteiger partial charge in [0.2, 0.25) is 0 Å². The van der Waals surface area contributed by atoms with Crippen LogP contribution in [-0.4, -0.2) is 54.6 Å². The van der Waals surface area contributed by atoms with Crippen molar-refractivity contribution in [1.82, 2.24) is 14.8 Å². The molecule has 1 amide bonds. The maximum absolute atomic E-state index is 12.7. The summed E-state index contributed by atoms with van der Waals surface area (Å²) < 4.78 is 2.12. The Labute approximate surface area is 202 Å². The van der Waals surface area contributed by atoms with E-state index in [-0.39, 0.29) is 23.7 Å². The summed E-state index contributed by atoms with van der Waals surface area (Å²) in [7, 11) is 2.03. The van der Waals surface area contributed by atoms with Crippen molar-refractivity contribution in [3.05, 3.63) is 51.3 Å². The highest BCUT2D eigenvalue weighted by atomic mass is 35.5. The molecule has 1 aromatic heterocycles. The highest BCUT2D eigenvalue weighted by Gasteiger charge is 2.24. The van der Waals surface area contributed by atoms with E-state index in [1.807, 2.05) is 38.2 Å². The first kappa shape index (κ1) is 25.9. The lowest BCUT2D eigenvalue weighted by molar-refractivity contribution is 0.0947. The lowest BCUT2D eigenvalue weighted by Crippen LogP contribution is -2.48. The van der Waals surface area contributed by atoms with E-state index in [2.05, 4.69) is 40.5 Å². The molecule has 31 heavy (non-hydrogen) atoms. The van der Waals surface area contributed by atoms with Crippen LogP contribution in [0.3, 0.4) is 0 Å². The molecule has 0 saturated carbocycles. The summed E-state index contributed by atoms with van der Waals surface area (Å²) >= 11 is 12.5. The zero-order valence-electron chi connectivity index (χ0n) is 19.0. The van der Waals surface area contributed by atoms with E-state index in [1.165, 1.54) is 5.69 Å². The Hall–Kier alpha value is -1.40. The number of hydrogen-bond acceptors (Lipinski definition) is 3. The van der Waals surface area contributed by atoms with Crippen LogP contribution in [0.5, 0.6) is 0 Å². The number of halogens is 3. The third-order valence-electron chi connectivity index (χ3n) is 5.91. The smallest absolute Gasteiger partial charge is 0.253 e. The van der Waals surface area contributed by atoms with Gasteiger partial charge in [-0.3, -0.25) is 9.69 Å². The van der Waals surface area contributed by atoms with E-state index in [1.54, 1.807) is 0 Å². The lowest BCUT2D eigenvalue weighted by atomic mass is 9.92. The first-order valence-corrected chi connectivity index (χ1v) is 11.2. The monoisotopic (exact) mass is 486 g/mol. The summed E-state index contributed by atoms with van der Waals surface area (Å²) in [6, 6.07) is 7.78. The molecule has 1 aromatic carbocycles. The standard InChI is InChI=1S/C23H32Cl2N4O.ClH/c1-16-17(15-20(27(16)5)23(2,3)4)22(30)26-9-10-28-11-13-29(14-12-28)19-8-6-7-18(24)21(19)25;/h6-8,15H,9-14H2,1-5H3,(H,26,30);1H. The molecule has 0 radical (unpaired) electrons. The van der Waals surface area contributed by atoms with Crippen LogP contribution in [0.15, 0.2) is 24.3 Å². The number of nitrogens with one attached hydrogen (secondary N) is 1. The third-order valence-corrected chi connectivity index (χ3v) is 6.72. The second-order valence-electron chi connectivity index (χ2n) is 9.00. The molecule has 1 N–H and O–H groups in total. The second-order valence-corrected chi connectivity index (χ2v) is 9.78. The fourth-order valence-corrected chi connectivity index (χ4v) is 4.44. The summed E-state index contributed by atoms with van der Waals surface area (Å²) in [5, 5.41) is 4.30. The quantitative estimate of drug-likeness (QED) is 0.651. The van der Waals surface area contributed by atoms with Crippen molar-refractivity contribution in [3.63, 3.8) is 0 Å². The summed E-state index contributed by atoms with van der Waals surface area (Å²) in [5.74, 6) is 0.00273. The first-order valence-electron chi connectivity index (χ1n) is 10.5. The molecule has 2 aromatic rings. The van der Waals surface area contributed by atoms with Crippen LogP contribution in [0.25, 0.3) is 0 Å². The third kappa shape index (κ3) is 5.89. The normalized spacial score (nSPS) is 15.0. The van der Waals surface area contributed by atoms with Crippen LogP contribution >= 0.6 is 35.6 Å². The Morgan fingerprint density at radius 2 is 1.77 bits per heavy atom. The predicted octanol–water partition coefficient (Wildman–Crippen LogP) is 4.91. The maximum atomic E-state index is 12.7. The van der Waals surface area contributed by atoms with Crippen molar-refractivity contribution >= 4 is 47.2 Å². The molecule has 5 nitrogen and oxygen atoms in total. The zero-order valence-corrected chi connectivity index (χ0v) is 21.3. The molecule has 172 valence electrons. The molecule has 1 aliphatic heterocycles. The Balaban J connectivity index is 0.00000341. The van der Waals surface area contributed by atoms with Crippen molar-refractivity contribution in [3.8, 4) is 0 Å². The van der Waals surface area contributed by atoms with Crippen LogP contribution in [0.4, 0.5) is 5.69 Å². The van der Waals surface area contributed by atoms with Crippen LogP contribution in [-0.2, 0) is 12.5 Å². The summed E-state index contributed by atoms with van der Waals surface area (Å²) in [6.45, 7) is 13.6. The molecule has 0 atom stereocenters. The Kier molecular flexibility index (Phi) is 8.74. The molecular weight excluding hydrogens is 455 g/mol. The van der Waals surface area contributed by atoms with E-state index < -0.39 is 0 Å². The van der Waals surface area contributed by atoms with Gasteiger partial charge in [0.25, 0.3) is 5.91 Å². The number of carbonyl (C=O) groups excluding carboxylic acids is 1. The Bertz CT molecular complexity index is 912. The second kappa shape index (κ2) is 10.5. The van der Waals surface area contributed by atoms with E-state index in [0.717, 1.165) is 49.7 Å². The van der Waals surface area contributed by atoms with Gasteiger partial charge in [-0.15, -0.1) is 12.4 Å². The van der Waals surface area contributed by atoms with Crippen LogP contribution in [0, 0.1) is 6.92 Å². The van der Waals surface area contributed by atoms with Gasteiger partial charge in [-0.2, -0.15) is 0 Å². The largest absolute Gasteiger partial charge is 0.368 e. The lowest BCUT2D eigenvalue weighted by Gasteiger charge is -2.36. The van der Waals surface area contributed by atoms with Gasteiger partial charge in [-0.25, -0.2) is 0 Å². The van der Waals surface area contributed by atoms with Gasteiger partial charge in [-0.05, 0) is 25.1 Å². The van der Waals surface area contributed by atoms with Crippen LogP contribution in [0.2, 0.25) is 10.0 Å². The number of aromatic nitrogens is 1. The number of rotatable bonds is 5. The maximum Gasteiger partial charge on any atom is 0.253 e. The Morgan fingerprint density at radius 3 is 2.35 bits per heavy atom. The van der Waals surface area contributed by atoms with Gasteiger partial charge in [0.15, 0.2) is 0 Å². The van der Waals surface area contributed by atoms with Crippen molar-refractivity contribution in [2.45, 2.75) is 33.1 Å². The number of amides is 1. The summed E-state index contributed by atoms with van der Waals surface area (Å²) in [6.07, 6.45) is 0. The van der Waals surface area contributed by atoms with Gasteiger partial charge in [0.05, 0.1) is 21.3 Å². The van der Waals surface area contributed by atoms with Crippen LogP contribution in [0.1, 0.15) is 42.5 Å². The molecule has 1 aliphatic rings. The summed E-state index contributed by atoms with van der Waals surface area (Å²) in [5.41, 5.74) is 3.93. The predicted molar refractivity (Wildman–Crippen MR) is 134 cm³/mol. The van der Waals surface area contributed by atoms with Gasteiger partial charge in [-0.1, -0.05) is 50.0 Å². The van der Waals surface area contributed by atoms with Gasteiger partial charge in [0.1, 0.15) is 0 Å². The highest BCUT2D eigenvalue weighted by molar-refractivity contribution is 6.43. The minimum Gasteiger partial charge on any atom is -0.368 e. The molecule has 0 bridgehead atoms. The molecule has 1 saturated heterocycles. The highest BCUT2D eigenvalue weighted by Crippen LogP contribution is 2.32. The van der Waals surface area contributed by atoms with Gasteiger partial charge >= 0.3 is 0 Å². The number of carbonyl (C=O) groups is 1. The van der Waals surface area contributed by atoms with E-state index in [9.17, 15) is 4.79 Å².